The molecule has 0 spiro atoms. The second-order valence-corrected chi connectivity index (χ2v) is 5.27. The van der Waals surface area contributed by atoms with Gasteiger partial charge in [-0.2, -0.15) is 0 Å². The van der Waals surface area contributed by atoms with Gasteiger partial charge in [-0.3, -0.25) is 14.5 Å². The van der Waals surface area contributed by atoms with E-state index >= 15 is 0 Å². The van der Waals surface area contributed by atoms with Crippen molar-refractivity contribution in [1.82, 2.24) is 4.90 Å². The fourth-order valence-electron chi connectivity index (χ4n) is 3.14. The molecular formula is C14H13NO5. The van der Waals surface area contributed by atoms with Crippen molar-refractivity contribution < 1.29 is 24.2 Å². The van der Waals surface area contributed by atoms with Crippen LogP contribution >= 0.6 is 0 Å². The first-order valence-corrected chi connectivity index (χ1v) is 6.59. The van der Waals surface area contributed by atoms with Gasteiger partial charge in [0.15, 0.2) is 6.29 Å². The lowest BCUT2D eigenvalue weighted by molar-refractivity contribution is -0.166. The minimum absolute atomic E-state index is 0.291. The molecule has 4 atom stereocenters. The maximum atomic E-state index is 12.4. The topological polar surface area (TPSA) is 76.1 Å². The van der Waals surface area contributed by atoms with E-state index in [4.69, 9.17) is 9.47 Å². The summed E-state index contributed by atoms with van der Waals surface area (Å²) in [5, 5.41) is 9.92. The molecule has 20 heavy (non-hydrogen) atoms. The summed E-state index contributed by atoms with van der Waals surface area (Å²) in [6, 6.07) is 6.27. The summed E-state index contributed by atoms with van der Waals surface area (Å²) in [6.45, 7) is 0.291. The van der Waals surface area contributed by atoms with E-state index in [0.717, 1.165) is 0 Å². The van der Waals surface area contributed by atoms with Crippen LogP contribution in [0.3, 0.4) is 0 Å². The number of aliphatic hydroxyl groups is 1. The van der Waals surface area contributed by atoms with E-state index in [9.17, 15) is 14.7 Å². The second-order valence-electron chi connectivity index (χ2n) is 5.27. The van der Waals surface area contributed by atoms with Gasteiger partial charge in [0.05, 0.1) is 23.8 Å². The predicted molar refractivity (Wildman–Crippen MR) is 66.0 cm³/mol. The number of nitrogens with zero attached hydrogens (tertiary/aromatic N) is 1. The Balaban J connectivity index is 1.70. The molecule has 2 bridgehead atoms. The molecule has 3 aliphatic rings. The van der Waals surface area contributed by atoms with Gasteiger partial charge < -0.3 is 14.6 Å². The zero-order valence-electron chi connectivity index (χ0n) is 10.6. The van der Waals surface area contributed by atoms with Crippen LogP contribution in [0.2, 0.25) is 0 Å². The van der Waals surface area contributed by atoms with Gasteiger partial charge in [-0.15, -0.1) is 0 Å². The van der Waals surface area contributed by atoms with E-state index in [0.29, 0.717) is 24.2 Å². The number of hydrogen-bond acceptors (Lipinski definition) is 5. The fourth-order valence-corrected chi connectivity index (χ4v) is 3.14. The largest absolute Gasteiger partial charge is 0.388 e. The molecule has 0 saturated carbocycles. The van der Waals surface area contributed by atoms with Crippen LogP contribution < -0.4 is 0 Å². The molecule has 0 unspecified atom stereocenters. The normalized spacial score (nSPS) is 35.5. The van der Waals surface area contributed by atoms with E-state index in [1.807, 2.05) is 0 Å². The molecular weight excluding hydrogens is 262 g/mol. The van der Waals surface area contributed by atoms with Crippen LogP contribution in [0, 0.1) is 0 Å². The molecule has 0 radical (unpaired) electrons. The van der Waals surface area contributed by atoms with Crippen molar-refractivity contribution in [3.63, 3.8) is 0 Å². The molecule has 0 aliphatic carbocycles. The number of carbonyl (C=O) groups excluding carboxylic acids is 2. The summed E-state index contributed by atoms with van der Waals surface area (Å²) in [6.07, 6.45) is -1.51. The van der Waals surface area contributed by atoms with Gasteiger partial charge in [0.2, 0.25) is 0 Å². The van der Waals surface area contributed by atoms with Crippen molar-refractivity contribution in [2.24, 2.45) is 0 Å². The van der Waals surface area contributed by atoms with Crippen LogP contribution in [0.5, 0.6) is 0 Å². The van der Waals surface area contributed by atoms with E-state index < -0.39 is 18.4 Å². The maximum absolute atomic E-state index is 12.4. The molecule has 0 aromatic heterocycles. The van der Waals surface area contributed by atoms with Gasteiger partial charge in [0.25, 0.3) is 11.8 Å². The van der Waals surface area contributed by atoms with E-state index in [2.05, 4.69) is 0 Å². The number of carbonyl (C=O) groups is 2. The minimum atomic E-state index is -0.817. The zero-order chi connectivity index (χ0) is 13.9. The van der Waals surface area contributed by atoms with Crippen LogP contribution in [-0.4, -0.2) is 53.0 Å². The van der Waals surface area contributed by atoms with Crippen LogP contribution in [0.1, 0.15) is 27.1 Å². The van der Waals surface area contributed by atoms with E-state index in [-0.39, 0.29) is 17.9 Å². The summed E-state index contributed by atoms with van der Waals surface area (Å²) in [5.74, 6) is -0.645. The van der Waals surface area contributed by atoms with Crippen LogP contribution in [0.25, 0.3) is 0 Å². The van der Waals surface area contributed by atoms with Crippen LogP contribution in [0.15, 0.2) is 24.3 Å². The fraction of sp³-hybridized carbons (Fsp3) is 0.429. The third kappa shape index (κ3) is 1.49. The monoisotopic (exact) mass is 275 g/mol. The molecule has 2 saturated heterocycles. The Morgan fingerprint density at radius 3 is 2.45 bits per heavy atom. The highest BCUT2D eigenvalue weighted by Crippen LogP contribution is 2.35. The molecule has 6 heteroatoms. The SMILES string of the molecule is O=C1c2ccccc2C(=O)N1[C@@H]1C[C@H](O)[C@H]2OC[C@H]1O2. The molecule has 2 amide bonds. The summed E-state index contributed by atoms with van der Waals surface area (Å²) in [7, 11) is 0. The first-order chi connectivity index (χ1) is 9.66. The molecule has 1 aromatic rings. The average Bonchev–Trinajstić information content (AvgIpc) is 2.99. The molecule has 2 fully saturated rings. The van der Waals surface area contributed by atoms with E-state index in [1.165, 1.54) is 4.90 Å². The molecule has 3 aliphatic heterocycles. The standard InChI is InChI=1S/C14H13NO5/c16-10-5-9(11-6-19-14(10)20-11)15-12(17)7-3-1-2-4-8(7)13(15)18/h1-4,9-11,14,16H,5-6H2/t9-,10+,11-,14+/m1/s1. The summed E-state index contributed by atoms with van der Waals surface area (Å²) in [5.41, 5.74) is 0.820. The Hall–Kier alpha value is -1.76. The van der Waals surface area contributed by atoms with Gasteiger partial charge in [-0.05, 0) is 12.1 Å². The zero-order valence-corrected chi connectivity index (χ0v) is 10.6. The number of hydrogen-bond donors (Lipinski definition) is 1. The smallest absolute Gasteiger partial charge is 0.261 e. The number of amides is 2. The molecule has 3 heterocycles. The Labute approximate surface area is 114 Å². The van der Waals surface area contributed by atoms with Gasteiger partial charge in [-0.25, -0.2) is 0 Å². The first kappa shape index (κ1) is 12.0. The van der Waals surface area contributed by atoms with Crippen LogP contribution in [0.4, 0.5) is 0 Å². The number of benzene rings is 1. The van der Waals surface area contributed by atoms with Crippen molar-refractivity contribution in [2.75, 3.05) is 6.61 Å². The lowest BCUT2D eigenvalue weighted by atomic mass is 10.00. The third-order valence-electron chi connectivity index (χ3n) is 4.12. The third-order valence-corrected chi connectivity index (χ3v) is 4.12. The first-order valence-electron chi connectivity index (χ1n) is 6.59. The van der Waals surface area contributed by atoms with E-state index in [1.54, 1.807) is 24.3 Å². The molecule has 4 rings (SSSR count). The lowest BCUT2D eigenvalue weighted by Crippen LogP contribution is -2.53. The second kappa shape index (κ2) is 4.12. The lowest BCUT2D eigenvalue weighted by Gasteiger charge is -2.35. The van der Waals surface area contributed by atoms with Crippen molar-refractivity contribution in [2.45, 2.75) is 31.0 Å². The van der Waals surface area contributed by atoms with Gasteiger partial charge in [0, 0.05) is 6.42 Å². The maximum Gasteiger partial charge on any atom is 0.261 e. The average molecular weight is 275 g/mol. The predicted octanol–water partition coefficient (Wildman–Crippen LogP) is 0.157. The highest BCUT2D eigenvalue weighted by molar-refractivity contribution is 6.21. The van der Waals surface area contributed by atoms with Gasteiger partial charge in [-0.1, -0.05) is 12.1 Å². The number of rotatable bonds is 1. The molecule has 104 valence electrons. The molecule has 6 nitrogen and oxygen atoms in total. The van der Waals surface area contributed by atoms with Gasteiger partial charge >= 0.3 is 0 Å². The molecule has 1 N–H and O–H groups in total. The summed E-state index contributed by atoms with van der Waals surface area (Å²) >= 11 is 0. The van der Waals surface area contributed by atoms with Crippen molar-refractivity contribution in [3.8, 4) is 0 Å². The summed E-state index contributed by atoms with van der Waals surface area (Å²) in [4.78, 5) is 26.0. The van der Waals surface area contributed by atoms with Crippen molar-refractivity contribution in [3.05, 3.63) is 35.4 Å². The number of imide groups is 1. The van der Waals surface area contributed by atoms with Gasteiger partial charge in [0.1, 0.15) is 12.2 Å². The highest BCUT2D eigenvalue weighted by Gasteiger charge is 2.50. The molecule has 1 aromatic carbocycles. The number of ether oxygens (including phenoxy) is 2. The Bertz CT molecular complexity index is 566. The Kier molecular flexibility index (Phi) is 2.47. The summed E-state index contributed by atoms with van der Waals surface area (Å²) < 4.78 is 10.8. The Morgan fingerprint density at radius 1 is 1.15 bits per heavy atom. The van der Waals surface area contributed by atoms with Crippen molar-refractivity contribution >= 4 is 11.8 Å². The van der Waals surface area contributed by atoms with Crippen LogP contribution in [-0.2, 0) is 9.47 Å². The minimum Gasteiger partial charge on any atom is -0.388 e. The Morgan fingerprint density at radius 2 is 1.80 bits per heavy atom. The highest BCUT2D eigenvalue weighted by atomic mass is 16.7. The number of fused-ring (bicyclic) bond motifs is 3. The quantitative estimate of drug-likeness (QED) is 0.739. The number of aliphatic hydroxyl groups excluding tert-OH is 1. The van der Waals surface area contributed by atoms with Crippen molar-refractivity contribution in [1.29, 1.82) is 0 Å².